The van der Waals surface area contributed by atoms with E-state index in [1.807, 2.05) is 12.1 Å². The summed E-state index contributed by atoms with van der Waals surface area (Å²) in [7, 11) is 0. The average molecular weight is 173 g/mol. The highest BCUT2D eigenvalue weighted by Gasteiger charge is 2.01. The Morgan fingerprint density at radius 3 is 2.62 bits per heavy atom. The van der Waals surface area contributed by atoms with Crippen molar-refractivity contribution in [1.82, 2.24) is 10.1 Å². The van der Waals surface area contributed by atoms with Crippen molar-refractivity contribution in [1.29, 1.82) is 0 Å². The first-order chi connectivity index (χ1) is 6.40. The Bertz CT molecular complexity index is 364. The molecule has 0 aliphatic rings. The number of hydrogen-bond acceptors (Lipinski definition) is 3. The van der Waals surface area contributed by atoms with Gasteiger partial charge in [0, 0.05) is 5.56 Å². The van der Waals surface area contributed by atoms with Crippen LogP contribution in [0.5, 0.6) is 0 Å². The zero-order valence-corrected chi connectivity index (χ0v) is 7.32. The highest BCUT2D eigenvalue weighted by Crippen LogP contribution is 2.14. The fourth-order valence-electron chi connectivity index (χ4n) is 1.15. The van der Waals surface area contributed by atoms with Gasteiger partial charge >= 0.3 is 6.39 Å². The predicted octanol–water partition coefficient (Wildman–Crippen LogP) is 2.10. The highest BCUT2D eigenvalue weighted by molar-refractivity contribution is 5.54. The van der Waals surface area contributed by atoms with Crippen LogP contribution in [-0.2, 0) is 6.42 Å². The number of hydrogen-bond donors (Lipinski definition) is 0. The molecule has 3 nitrogen and oxygen atoms in total. The van der Waals surface area contributed by atoms with Crippen molar-refractivity contribution < 1.29 is 4.52 Å². The highest BCUT2D eigenvalue weighted by atomic mass is 16.5. The molecule has 13 heavy (non-hydrogen) atoms. The molecule has 0 unspecified atom stereocenters. The first kappa shape index (κ1) is 7.98. The quantitative estimate of drug-likeness (QED) is 0.698. The maximum atomic E-state index is 4.54. The standard InChI is InChI=1S/C10H9N2O/c1-2-8-3-5-9(6-4-8)10-11-7-13-12-10/h3-6H,2H2,1H3. The minimum absolute atomic E-state index is 0.586. The minimum Gasteiger partial charge on any atom is -0.328 e. The molecular weight excluding hydrogens is 164 g/mol. The molecule has 0 amide bonds. The molecule has 1 aromatic carbocycles. The maximum absolute atomic E-state index is 4.54. The molecule has 0 saturated carbocycles. The predicted molar refractivity (Wildman–Crippen MR) is 47.9 cm³/mol. The summed E-state index contributed by atoms with van der Waals surface area (Å²) in [6.07, 6.45) is 3.36. The van der Waals surface area contributed by atoms with Gasteiger partial charge in [0.1, 0.15) is 0 Å². The molecule has 0 aliphatic heterocycles. The molecule has 3 heteroatoms. The third-order valence-electron chi connectivity index (χ3n) is 1.94. The number of aryl methyl sites for hydroxylation is 1. The third-order valence-corrected chi connectivity index (χ3v) is 1.94. The lowest BCUT2D eigenvalue weighted by Gasteiger charge is -1.96. The number of nitrogens with zero attached hydrogens (tertiary/aromatic N) is 2. The van der Waals surface area contributed by atoms with Crippen molar-refractivity contribution in [3.8, 4) is 11.4 Å². The van der Waals surface area contributed by atoms with Crippen LogP contribution in [0, 0.1) is 6.39 Å². The number of rotatable bonds is 2. The van der Waals surface area contributed by atoms with E-state index in [0.717, 1.165) is 12.0 Å². The summed E-state index contributed by atoms with van der Waals surface area (Å²) in [6, 6.07) is 8.09. The molecule has 0 atom stereocenters. The molecule has 2 aromatic rings. The van der Waals surface area contributed by atoms with Crippen molar-refractivity contribution in [3.05, 3.63) is 36.2 Å². The molecule has 65 valence electrons. The molecule has 2 rings (SSSR count). The summed E-state index contributed by atoms with van der Waals surface area (Å²) in [5.74, 6) is 0.586. The Hall–Kier alpha value is -1.64. The van der Waals surface area contributed by atoms with Gasteiger partial charge < -0.3 is 4.52 Å². The van der Waals surface area contributed by atoms with Gasteiger partial charge in [0.2, 0.25) is 5.82 Å². The topological polar surface area (TPSA) is 38.9 Å². The van der Waals surface area contributed by atoms with Crippen LogP contribution in [0.4, 0.5) is 0 Å². The van der Waals surface area contributed by atoms with Gasteiger partial charge in [-0.1, -0.05) is 36.3 Å². The van der Waals surface area contributed by atoms with Crippen LogP contribution in [-0.4, -0.2) is 10.1 Å². The second-order valence-electron chi connectivity index (χ2n) is 2.76. The van der Waals surface area contributed by atoms with E-state index >= 15 is 0 Å². The molecule has 0 fully saturated rings. The number of aromatic nitrogens is 2. The summed E-state index contributed by atoms with van der Waals surface area (Å²) in [6.45, 7) is 2.12. The van der Waals surface area contributed by atoms with E-state index in [0.29, 0.717) is 5.82 Å². The summed E-state index contributed by atoms with van der Waals surface area (Å²) >= 11 is 0. The Morgan fingerprint density at radius 2 is 2.08 bits per heavy atom. The third kappa shape index (κ3) is 1.59. The van der Waals surface area contributed by atoms with Gasteiger partial charge in [-0.05, 0) is 12.0 Å². The first-order valence-electron chi connectivity index (χ1n) is 4.19. The van der Waals surface area contributed by atoms with Crippen LogP contribution in [0.3, 0.4) is 0 Å². The van der Waals surface area contributed by atoms with Crippen molar-refractivity contribution in [2.45, 2.75) is 13.3 Å². The maximum Gasteiger partial charge on any atom is 0.316 e. The van der Waals surface area contributed by atoms with Gasteiger partial charge in [-0.3, -0.25) is 0 Å². The Morgan fingerprint density at radius 1 is 1.31 bits per heavy atom. The molecule has 1 heterocycles. The van der Waals surface area contributed by atoms with Crippen LogP contribution in [0.15, 0.2) is 28.8 Å². The Labute approximate surface area is 76.4 Å². The minimum atomic E-state index is 0.586. The van der Waals surface area contributed by atoms with Gasteiger partial charge in [-0.25, -0.2) is 0 Å². The van der Waals surface area contributed by atoms with E-state index in [-0.39, 0.29) is 0 Å². The van der Waals surface area contributed by atoms with Crippen molar-refractivity contribution in [3.63, 3.8) is 0 Å². The Kier molecular flexibility index (Phi) is 2.08. The van der Waals surface area contributed by atoms with Crippen LogP contribution >= 0.6 is 0 Å². The SMILES string of the molecule is CCc1ccc(-c2n[c]on2)cc1. The van der Waals surface area contributed by atoms with Gasteiger partial charge in [-0.2, -0.15) is 4.98 Å². The summed E-state index contributed by atoms with van der Waals surface area (Å²) in [4.78, 5) is 3.84. The fourth-order valence-corrected chi connectivity index (χ4v) is 1.15. The molecule has 0 aliphatic carbocycles. The first-order valence-corrected chi connectivity index (χ1v) is 4.19. The van der Waals surface area contributed by atoms with E-state index in [1.165, 1.54) is 5.56 Å². The largest absolute Gasteiger partial charge is 0.328 e. The molecule has 0 spiro atoms. The van der Waals surface area contributed by atoms with Crippen LogP contribution in [0.1, 0.15) is 12.5 Å². The monoisotopic (exact) mass is 173 g/mol. The van der Waals surface area contributed by atoms with Crippen LogP contribution in [0.25, 0.3) is 11.4 Å². The Balaban J connectivity index is 2.33. The lowest BCUT2D eigenvalue weighted by molar-refractivity contribution is 0.411. The van der Waals surface area contributed by atoms with E-state index in [1.54, 1.807) is 0 Å². The second-order valence-corrected chi connectivity index (χ2v) is 2.76. The van der Waals surface area contributed by atoms with E-state index in [4.69, 9.17) is 0 Å². The van der Waals surface area contributed by atoms with E-state index in [2.05, 4.69) is 40.1 Å². The molecule has 0 bridgehead atoms. The van der Waals surface area contributed by atoms with E-state index in [9.17, 15) is 0 Å². The smallest absolute Gasteiger partial charge is 0.316 e. The van der Waals surface area contributed by atoms with E-state index < -0.39 is 0 Å². The fraction of sp³-hybridized carbons (Fsp3) is 0.200. The van der Waals surface area contributed by atoms with Gasteiger partial charge in [0.05, 0.1) is 0 Å². The van der Waals surface area contributed by atoms with Gasteiger partial charge in [-0.15, -0.1) is 0 Å². The van der Waals surface area contributed by atoms with Crippen molar-refractivity contribution in [2.24, 2.45) is 0 Å². The molecule has 0 saturated heterocycles. The summed E-state index contributed by atoms with van der Waals surface area (Å²) in [5, 5.41) is 3.70. The molecule has 1 radical (unpaired) electrons. The van der Waals surface area contributed by atoms with Gasteiger partial charge in [0.15, 0.2) is 0 Å². The lowest BCUT2D eigenvalue weighted by atomic mass is 10.1. The lowest BCUT2D eigenvalue weighted by Crippen LogP contribution is -1.82. The summed E-state index contributed by atoms with van der Waals surface area (Å²) in [5.41, 5.74) is 2.26. The normalized spacial score (nSPS) is 10.2. The zero-order chi connectivity index (χ0) is 9.10. The second kappa shape index (κ2) is 3.39. The molecular formula is C10H9N2O. The van der Waals surface area contributed by atoms with Crippen LogP contribution in [0.2, 0.25) is 0 Å². The molecule has 1 aromatic heterocycles. The zero-order valence-electron chi connectivity index (χ0n) is 7.32. The van der Waals surface area contributed by atoms with Crippen molar-refractivity contribution >= 4 is 0 Å². The number of benzene rings is 1. The van der Waals surface area contributed by atoms with Crippen molar-refractivity contribution in [2.75, 3.05) is 0 Å². The van der Waals surface area contributed by atoms with Crippen LogP contribution < -0.4 is 0 Å². The molecule has 0 N–H and O–H groups in total. The van der Waals surface area contributed by atoms with Gasteiger partial charge in [0.25, 0.3) is 0 Å². The average Bonchev–Trinajstić information content (AvgIpc) is 2.71. The summed E-state index contributed by atoms with van der Waals surface area (Å²) < 4.78 is 4.54.